The van der Waals surface area contributed by atoms with E-state index in [1.165, 1.54) is 21.6 Å². The maximum absolute atomic E-state index is 13.3. The number of thiophene rings is 1. The second-order valence-electron chi connectivity index (χ2n) is 7.75. The normalized spacial score (nSPS) is 15.5. The molecular formula is C24H23N5O3S2. The molecule has 174 valence electrons. The quantitative estimate of drug-likeness (QED) is 0.335. The number of rotatable bonds is 8. The predicted octanol–water partition coefficient (Wildman–Crippen LogP) is 4.54. The first kappa shape index (κ1) is 22.4. The minimum Gasteiger partial charge on any atom is -0.497 e. The molecule has 1 aliphatic heterocycles. The summed E-state index contributed by atoms with van der Waals surface area (Å²) in [5.74, 6) is 2.44. The van der Waals surface area contributed by atoms with E-state index in [1.54, 1.807) is 24.7 Å². The summed E-state index contributed by atoms with van der Waals surface area (Å²) in [7, 11) is 3.56. The van der Waals surface area contributed by atoms with E-state index in [2.05, 4.69) is 21.4 Å². The van der Waals surface area contributed by atoms with Gasteiger partial charge in [0.1, 0.15) is 23.4 Å². The van der Waals surface area contributed by atoms with Crippen LogP contribution in [0, 0.1) is 0 Å². The number of thioether (sulfide) groups is 1. The number of nitrogens with zero attached hydrogens (tertiary/aromatic N) is 5. The molecule has 4 heterocycles. The molecule has 5 rings (SSSR count). The van der Waals surface area contributed by atoms with Crippen molar-refractivity contribution < 1.29 is 13.9 Å². The molecule has 1 amide bonds. The molecule has 1 atom stereocenters. The van der Waals surface area contributed by atoms with Gasteiger partial charge in [-0.3, -0.25) is 4.79 Å². The average Bonchev–Trinajstić information content (AvgIpc) is 3.66. The van der Waals surface area contributed by atoms with Crippen molar-refractivity contribution in [2.24, 2.45) is 12.1 Å². The highest BCUT2D eigenvalue weighted by Crippen LogP contribution is 2.34. The van der Waals surface area contributed by atoms with Crippen LogP contribution < -0.4 is 4.74 Å². The van der Waals surface area contributed by atoms with Crippen LogP contribution in [-0.2, 0) is 18.3 Å². The third-order valence-corrected chi connectivity index (χ3v) is 7.50. The van der Waals surface area contributed by atoms with Gasteiger partial charge in [-0.15, -0.1) is 21.5 Å². The molecule has 10 heteroatoms. The SMILES string of the molecule is COc1ccc(C2=NN(C(=O)CSc3nnc(Cc4cccs4)n3C)[C@@H](c3ccco3)C2)cc1. The molecule has 0 saturated heterocycles. The van der Waals surface area contributed by atoms with Gasteiger partial charge in [0.15, 0.2) is 5.16 Å². The summed E-state index contributed by atoms with van der Waals surface area (Å²) in [4.78, 5) is 14.5. The fourth-order valence-corrected chi connectivity index (χ4v) is 5.27. The van der Waals surface area contributed by atoms with Crippen molar-refractivity contribution >= 4 is 34.7 Å². The predicted molar refractivity (Wildman–Crippen MR) is 131 cm³/mol. The molecule has 0 spiro atoms. The van der Waals surface area contributed by atoms with Crippen LogP contribution in [-0.4, -0.2) is 44.3 Å². The Morgan fingerprint density at radius 3 is 2.76 bits per heavy atom. The van der Waals surface area contributed by atoms with E-state index in [4.69, 9.17) is 9.15 Å². The number of benzene rings is 1. The summed E-state index contributed by atoms with van der Waals surface area (Å²) in [6.45, 7) is 0. The van der Waals surface area contributed by atoms with E-state index < -0.39 is 0 Å². The van der Waals surface area contributed by atoms with Crippen molar-refractivity contribution in [2.45, 2.75) is 24.0 Å². The van der Waals surface area contributed by atoms with Gasteiger partial charge in [-0.25, -0.2) is 5.01 Å². The number of hydrazone groups is 1. The van der Waals surface area contributed by atoms with Crippen molar-refractivity contribution in [3.63, 3.8) is 0 Å². The summed E-state index contributed by atoms with van der Waals surface area (Å²) in [5.41, 5.74) is 1.78. The lowest BCUT2D eigenvalue weighted by atomic mass is 10.0. The Kier molecular flexibility index (Phi) is 6.50. The molecule has 0 fully saturated rings. The first-order chi connectivity index (χ1) is 16.6. The highest BCUT2D eigenvalue weighted by molar-refractivity contribution is 7.99. The van der Waals surface area contributed by atoms with E-state index >= 15 is 0 Å². The molecule has 4 aromatic rings. The fourth-order valence-electron chi connectivity index (χ4n) is 3.79. The summed E-state index contributed by atoms with van der Waals surface area (Å²) in [6, 6.07) is 15.2. The minimum absolute atomic E-state index is 0.113. The monoisotopic (exact) mass is 493 g/mol. The Hall–Kier alpha value is -3.37. The first-order valence-corrected chi connectivity index (χ1v) is 12.6. The van der Waals surface area contributed by atoms with Crippen molar-refractivity contribution in [3.8, 4) is 5.75 Å². The maximum atomic E-state index is 13.3. The Morgan fingerprint density at radius 1 is 1.21 bits per heavy atom. The topological polar surface area (TPSA) is 85.8 Å². The van der Waals surface area contributed by atoms with Crippen molar-refractivity contribution in [1.82, 2.24) is 19.8 Å². The van der Waals surface area contributed by atoms with Crippen LogP contribution in [0.1, 0.15) is 34.5 Å². The summed E-state index contributed by atoms with van der Waals surface area (Å²) < 4.78 is 12.8. The molecule has 0 radical (unpaired) electrons. The minimum atomic E-state index is -0.283. The zero-order valence-corrected chi connectivity index (χ0v) is 20.4. The Morgan fingerprint density at radius 2 is 2.06 bits per heavy atom. The highest BCUT2D eigenvalue weighted by atomic mass is 32.2. The third-order valence-electron chi connectivity index (χ3n) is 5.62. The molecule has 34 heavy (non-hydrogen) atoms. The Bertz CT molecular complexity index is 1280. The first-order valence-electron chi connectivity index (χ1n) is 10.7. The van der Waals surface area contributed by atoms with Gasteiger partial charge in [0.2, 0.25) is 0 Å². The van der Waals surface area contributed by atoms with Crippen LogP contribution in [0.5, 0.6) is 5.75 Å². The molecule has 1 aromatic carbocycles. The molecule has 8 nitrogen and oxygen atoms in total. The van der Waals surface area contributed by atoms with Gasteiger partial charge in [-0.2, -0.15) is 5.10 Å². The van der Waals surface area contributed by atoms with Crippen molar-refractivity contribution in [1.29, 1.82) is 0 Å². The smallest absolute Gasteiger partial charge is 0.253 e. The number of carbonyl (C=O) groups is 1. The molecule has 3 aromatic heterocycles. The molecule has 0 aliphatic carbocycles. The van der Waals surface area contributed by atoms with Crippen LogP contribution in [0.25, 0.3) is 0 Å². The lowest BCUT2D eigenvalue weighted by molar-refractivity contribution is -0.130. The Balaban J connectivity index is 1.31. The van der Waals surface area contributed by atoms with Gasteiger partial charge >= 0.3 is 0 Å². The van der Waals surface area contributed by atoms with E-state index in [0.29, 0.717) is 17.3 Å². The van der Waals surface area contributed by atoms with Crippen LogP contribution in [0.15, 0.2) is 74.8 Å². The van der Waals surface area contributed by atoms with Crippen LogP contribution in [0.2, 0.25) is 0 Å². The number of carbonyl (C=O) groups excluding carboxylic acids is 1. The van der Waals surface area contributed by atoms with Crippen LogP contribution in [0.4, 0.5) is 0 Å². The Labute approximate surface area is 205 Å². The number of aromatic nitrogens is 3. The highest BCUT2D eigenvalue weighted by Gasteiger charge is 2.35. The number of methoxy groups -OCH3 is 1. The van der Waals surface area contributed by atoms with Crippen molar-refractivity contribution in [2.75, 3.05) is 12.9 Å². The van der Waals surface area contributed by atoms with E-state index in [9.17, 15) is 4.79 Å². The summed E-state index contributed by atoms with van der Waals surface area (Å²) >= 11 is 3.05. The van der Waals surface area contributed by atoms with Crippen molar-refractivity contribution in [3.05, 3.63) is 82.2 Å². The average molecular weight is 494 g/mol. The molecule has 0 bridgehead atoms. The van der Waals surface area contributed by atoms with Gasteiger partial charge in [0, 0.05) is 24.8 Å². The van der Waals surface area contributed by atoms with E-state index in [1.807, 2.05) is 59.5 Å². The van der Waals surface area contributed by atoms with Gasteiger partial charge in [-0.05, 0) is 53.4 Å². The molecular weight excluding hydrogens is 470 g/mol. The number of furan rings is 1. The number of ether oxygens (including phenoxy) is 1. The van der Waals surface area contributed by atoms with Gasteiger partial charge in [-0.1, -0.05) is 17.8 Å². The second kappa shape index (κ2) is 9.86. The van der Waals surface area contributed by atoms with Gasteiger partial charge < -0.3 is 13.7 Å². The number of hydrogen-bond acceptors (Lipinski definition) is 8. The second-order valence-corrected chi connectivity index (χ2v) is 9.73. The standard InChI is InChI=1S/C24H23N5O3S2/c1-28-22(13-18-5-4-12-33-18)25-26-24(28)34-15-23(30)29-20(21-6-3-11-32-21)14-19(27-29)16-7-9-17(31-2)10-8-16/h3-12,20H,13-15H2,1-2H3/t20-/m1/s1. The van der Waals surface area contributed by atoms with Crippen LogP contribution in [0.3, 0.4) is 0 Å². The van der Waals surface area contributed by atoms with Gasteiger partial charge in [0.25, 0.3) is 5.91 Å². The molecule has 0 N–H and O–H groups in total. The maximum Gasteiger partial charge on any atom is 0.253 e. The van der Waals surface area contributed by atoms with E-state index in [0.717, 1.165) is 29.3 Å². The van der Waals surface area contributed by atoms with Gasteiger partial charge in [0.05, 0.1) is 24.8 Å². The molecule has 0 unspecified atom stereocenters. The zero-order valence-electron chi connectivity index (χ0n) is 18.7. The number of hydrogen-bond donors (Lipinski definition) is 0. The summed E-state index contributed by atoms with van der Waals surface area (Å²) in [5, 5.41) is 17.6. The third kappa shape index (κ3) is 4.64. The zero-order chi connectivity index (χ0) is 23.5. The van der Waals surface area contributed by atoms with Crippen LogP contribution >= 0.6 is 23.1 Å². The van der Waals surface area contributed by atoms with E-state index in [-0.39, 0.29) is 17.7 Å². The lowest BCUT2D eigenvalue weighted by Crippen LogP contribution is -2.28. The number of amides is 1. The molecule has 0 saturated carbocycles. The largest absolute Gasteiger partial charge is 0.497 e. The summed E-state index contributed by atoms with van der Waals surface area (Å²) in [6.07, 6.45) is 2.91. The lowest BCUT2D eigenvalue weighted by Gasteiger charge is -2.19. The fraction of sp³-hybridized carbons (Fsp3) is 0.250. The molecule has 1 aliphatic rings.